The lowest BCUT2D eigenvalue weighted by atomic mass is 9.89. The summed E-state index contributed by atoms with van der Waals surface area (Å²) in [5.41, 5.74) is 3.57. The van der Waals surface area contributed by atoms with E-state index < -0.39 is 13.7 Å². The number of ether oxygens (including phenoxy) is 1. The summed E-state index contributed by atoms with van der Waals surface area (Å²) in [6.45, 7) is -4.77. The Balaban J connectivity index is 1.74. The second kappa shape index (κ2) is 5.70. The summed E-state index contributed by atoms with van der Waals surface area (Å²) in [6, 6.07) is 19.3. The Morgan fingerprint density at radius 3 is 2.73 bits per heavy atom. The molecule has 0 aliphatic carbocycles. The first-order valence-corrected chi connectivity index (χ1v) is 8.43. The fraction of sp³-hybridized carbons (Fsp3) is 0.125. The summed E-state index contributed by atoms with van der Waals surface area (Å²) in [5, 5.41) is 2.23. The molecule has 5 rings (SSSR count). The van der Waals surface area contributed by atoms with Gasteiger partial charge in [-0.15, -0.1) is 0 Å². The maximum Gasteiger partial charge on any atom is 0.137 e. The molecule has 0 unspecified atom stereocenters. The maximum atomic E-state index is 7.85. The van der Waals surface area contributed by atoms with Crippen molar-refractivity contribution in [3.8, 4) is 28.1 Å². The van der Waals surface area contributed by atoms with E-state index in [9.17, 15) is 0 Å². The lowest BCUT2D eigenvalue weighted by Gasteiger charge is -2.24. The number of fused-ring (bicyclic) bond motifs is 5. The standard InChI is InChI=1S/C24H19NO/c1-15-12-22(25-13-16(15)2)20-8-5-9-21-23-18(14-26-24(20)21)11-10-17-6-3-4-7-19(17)23/h3-13H,14H2,1-2H3/i1D3,2D3. The summed E-state index contributed by atoms with van der Waals surface area (Å²) in [4.78, 5) is 4.33. The predicted octanol–water partition coefficient (Wildman–Crippen LogP) is 6.08. The number of aryl methyl sites for hydroxylation is 2. The molecule has 1 aliphatic heterocycles. The molecule has 126 valence electrons. The van der Waals surface area contributed by atoms with Gasteiger partial charge in [0.1, 0.15) is 12.4 Å². The first-order valence-electron chi connectivity index (χ1n) is 11.4. The van der Waals surface area contributed by atoms with Gasteiger partial charge in [-0.3, -0.25) is 4.98 Å². The largest absolute Gasteiger partial charge is 0.488 e. The van der Waals surface area contributed by atoms with E-state index in [1.807, 2.05) is 30.3 Å². The Morgan fingerprint density at radius 2 is 1.81 bits per heavy atom. The van der Waals surface area contributed by atoms with E-state index >= 15 is 0 Å². The number of hydrogen-bond acceptors (Lipinski definition) is 2. The molecule has 1 aromatic heterocycles. The average molecular weight is 343 g/mol. The highest BCUT2D eigenvalue weighted by Crippen LogP contribution is 2.46. The molecule has 3 aromatic carbocycles. The van der Waals surface area contributed by atoms with E-state index in [0.717, 1.165) is 33.7 Å². The number of pyridine rings is 1. The number of benzene rings is 3. The Bertz CT molecular complexity index is 1360. The van der Waals surface area contributed by atoms with Crippen LogP contribution >= 0.6 is 0 Å². The van der Waals surface area contributed by atoms with Crippen molar-refractivity contribution in [2.45, 2.75) is 20.3 Å². The molecule has 0 radical (unpaired) electrons. The summed E-state index contributed by atoms with van der Waals surface area (Å²) in [7, 11) is 0. The normalized spacial score (nSPS) is 16.8. The zero-order chi connectivity index (χ0) is 22.7. The first-order chi connectivity index (χ1) is 15.1. The van der Waals surface area contributed by atoms with Crippen molar-refractivity contribution in [1.29, 1.82) is 0 Å². The second-order valence-corrected chi connectivity index (χ2v) is 6.41. The summed E-state index contributed by atoms with van der Waals surface area (Å²) >= 11 is 0. The molecule has 0 amide bonds. The van der Waals surface area contributed by atoms with E-state index in [4.69, 9.17) is 13.0 Å². The molecule has 0 saturated heterocycles. The summed E-state index contributed by atoms with van der Waals surface area (Å²) < 4.78 is 52.8. The molecule has 0 saturated carbocycles. The van der Waals surface area contributed by atoms with Crippen LogP contribution in [0.25, 0.3) is 33.2 Å². The van der Waals surface area contributed by atoms with Gasteiger partial charge in [-0.25, -0.2) is 0 Å². The van der Waals surface area contributed by atoms with Crippen LogP contribution in [0.2, 0.25) is 0 Å². The van der Waals surface area contributed by atoms with Gasteiger partial charge in [-0.05, 0) is 58.9 Å². The molecule has 4 aromatic rings. The van der Waals surface area contributed by atoms with Crippen LogP contribution in [-0.2, 0) is 6.61 Å². The molecule has 0 N–H and O–H groups in total. The molecular formula is C24H19NO. The fourth-order valence-corrected chi connectivity index (χ4v) is 3.60. The van der Waals surface area contributed by atoms with E-state index in [2.05, 4.69) is 29.2 Å². The van der Waals surface area contributed by atoms with Crippen molar-refractivity contribution < 1.29 is 13.0 Å². The predicted molar refractivity (Wildman–Crippen MR) is 106 cm³/mol. The Labute approximate surface area is 161 Å². The maximum absolute atomic E-state index is 7.85. The zero-order valence-corrected chi connectivity index (χ0v) is 13.9. The number of aromatic nitrogens is 1. The van der Waals surface area contributed by atoms with Crippen molar-refractivity contribution in [2.75, 3.05) is 0 Å². The third-order valence-electron chi connectivity index (χ3n) is 4.85. The van der Waals surface area contributed by atoms with E-state index in [1.165, 1.54) is 6.07 Å². The van der Waals surface area contributed by atoms with Crippen LogP contribution in [0.4, 0.5) is 0 Å². The van der Waals surface area contributed by atoms with Gasteiger partial charge in [0.2, 0.25) is 0 Å². The van der Waals surface area contributed by atoms with Gasteiger partial charge in [-0.1, -0.05) is 48.5 Å². The molecule has 1 aliphatic rings. The number of hydrogen-bond donors (Lipinski definition) is 0. The third kappa shape index (κ3) is 2.22. The minimum absolute atomic E-state index is 0.221. The fourth-order valence-electron chi connectivity index (χ4n) is 3.60. The number of rotatable bonds is 1. The van der Waals surface area contributed by atoms with E-state index in [-0.39, 0.29) is 11.1 Å². The second-order valence-electron chi connectivity index (χ2n) is 6.41. The molecule has 2 heterocycles. The SMILES string of the molecule is [2H]C([2H])([2H])c1cnc(-c2cccc3c2OCc2ccc4ccccc4c2-3)cc1C([2H])([2H])[2H]. The minimum Gasteiger partial charge on any atom is -0.488 e. The Kier molecular flexibility index (Phi) is 2.22. The lowest BCUT2D eigenvalue weighted by Crippen LogP contribution is -2.07. The van der Waals surface area contributed by atoms with Crippen molar-refractivity contribution in [3.05, 3.63) is 83.6 Å². The molecule has 0 atom stereocenters. The van der Waals surface area contributed by atoms with Crippen LogP contribution in [0.5, 0.6) is 5.75 Å². The lowest BCUT2D eigenvalue weighted by molar-refractivity contribution is 0.304. The Morgan fingerprint density at radius 1 is 0.923 bits per heavy atom. The van der Waals surface area contributed by atoms with Crippen molar-refractivity contribution >= 4 is 10.8 Å². The van der Waals surface area contributed by atoms with Crippen molar-refractivity contribution in [3.63, 3.8) is 0 Å². The highest BCUT2D eigenvalue weighted by Gasteiger charge is 2.23. The van der Waals surface area contributed by atoms with Gasteiger partial charge < -0.3 is 4.74 Å². The first kappa shape index (κ1) is 10.1. The van der Waals surface area contributed by atoms with Crippen LogP contribution in [0, 0.1) is 13.7 Å². The van der Waals surface area contributed by atoms with Gasteiger partial charge in [0.05, 0.1) is 5.69 Å². The van der Waals surface area contributed by atoms with Gasteiger partial charge in [0, 0.05) is 25.5 Å². The third-order valence-corrected chi connectivity index (χ3v) is 4.85. The highest BCUT2D eigenvalue weighted by molar-refractivity contribution is 6.01. The molecule has 2 nitrogen and oxygen atoms in total. The van der Waals surface area contributed by atoms with E-state index in [0.29, 0.717) is 23.6 Å². The van der Waals surface area contributed by atoms with Crippen LogP contribution in [0.1, 0.15) is 24.9 Å². The summed E-state index contributed by atoms with van der Waals surface area (Å²) in [5.74, 6) is 0.613. The van der Waals surface area contributed by atoms with Gasteiger partial charge in [-0.2, -0.15) is 0 Å². The Hall–Kier alpha value is -3.13. The van der Waals surface area contributed by atoms with Crippen molar-refractivity contribution in [2.24, 2.45) is 0 Å². The molecular weight excluding hydrogens is 318 g/mol. The minimum atomic E-state index is -2.58. The van der Waals surface area contributed by atoms with Gasteiger partial charge in [0.15, 0.2) is 0 Å². The molecule has 0 fully saturated rings. The van der Waals surface area contributed by atoms with Crippen LogP contribution in [-0.4, -0.2) is 4.98 Å². The number of para-hydroxylation sites is 1. The van der Waals surface area contributed by atoms with Crippen LogP contribution in [0.3, 0.4) is 0 Å². The molecule has 0 spiro atoms. The van der Waals surface area contributed by atoms with Gasteiger partial charge >= 0.3 is 0 Å². The smallest absolute Gasteiger partial charge is 0.137 e. The number of nitrogens with zero attached hydrogens (tertiary/aromatic N) is 1. The highest BCUT2D eigenvalue weighted by atomic mass is 16.5. The molecule has 2 heteroatoms. The molecule has 0 bridgehead atoms. The monoisotopic (exact) mass is 343 g/mol. The van der Waals surface area contributed by atoms with Crippen LogP contribution < -0.4 is 4.74 Å². The summed E-state index contributed by atoms with van der Waals surface area (Å²) in [6.07, 6.45) is 1.15. The van der Waals surface area contributed by atoms with Crippen LogP contribution in [0.15, 0.2) is 66.9 Å². The average Bonchev–Trinajstić information content (AvgIpc) is 2.76. The van der Waals surface area contributed by atoms with Crippen molar-refractivity contribution in [1.82, 2.24) is 4.98 Å². The quantitative estimate of drug-likeness (QED) is 0.418. The van der Waals surface area contributed by atoms with Gasteiger partial charge in [0.25, 0.3) is 0 Å². The zero-order valence-electron chi connectivity index (χ0n) is 19.9. The molecule has 26 heavy (non-hydrogen) atoms. The van der Waals surface area contributed by atoms with E-state index in [1.54, 1.807) is 0 Å². The topological polar surface area (TPSA) is 22.1 Å².